The number of guanidine groups is 1. The van der Waals surface area contributed by atoms with E-state index in [0.29, 0.717) is 0 Å². The van der Waals surface area contributed by atoms with Gasteiger partial charge in [-0.2, -0.15) is 0 Å². The van der Waals surface area contributed by atoms with Gasteiger partial charge in [-0.3, -0.25) is 4.99 Å². The highest BCUT2D eigenvalue weighted by molar-refractivity contribution is 14.0. The average molecular weight is 420 g/mol. The fraction of sp³-hybridized carbons (Fsp3) is 0.733. The number of rotatable bonds is 2. The molecule has 0 spiro atoms. The normalized spacial score (nSPS) is 25.4. The minimum atomic E-state index is 0. The maximum atomic E-state index is 4.50. The van der Waals surface area contributed by atoms with E-state index in [1.807, 2.05) is 14.0 Å². The zero-order valence-corrected chi connectivity index (χ0v) is 16.0. The highest BCUT2D eigenvalue weighted by Gasteiger charge is 2.35. The van der Waals surface area contributed by atoms with Gasteiger partial charge in [0.25, 0.3) is 0 Å². The number of nitrogens with one attached hydrogen (secondary N) is 1. The number of likely N-dealkylation sites (tertiary alicyclic amines) is 1. The van der Waals surface area contributed by atoms with Crippen LogP contribution in [0.25, 0.3) is 0 Å². The van der Waals surface area contributed by atoms with Crippen LogP contribution in [0.4, 0.5) is 0 Å². The summed E-state index contributed by atoms with van der Waals surface area (Å²) >= 11 is 1.72. The van der Waals surface area contributed by atoms with E-state index in [2.05, 4.69) is 25.6 Å². The summed E-state index contributed by atoms with van der Waals surface area (Å²) in [5, 5.41) is 6.72. The van der Waals surface area contributed by atoms with Gasteiger partial charge in [-0.15, -0.1) is 35.3 Å². The Hall–Kier alpha value is -0.370. The molecule has 1 N–H and O–H groups in total. The van der Waals surface area contributed by atoms with Crippen molar-refractivity contribution in [3.63, 3.8) is 0 Å². The van der Waals surface area contributed by atoms with Gasteiger partial charge in [-0.05, 0) is 31.6 Å². The van der Waals surface area contributed by atoms with Crippen molar-refractivity contribution in [2.45, 2.75) is 39.2 Å². The van der Waals surface area contributed by atoms with Gasteiger partial charge in [-0.1, -0.05) is 12.8 Å². The lowest BCUT2D eigenvalue weighted by Crippen LogP contribution is -2.39. The van der Waals surface area contributed by atoms with Crippen LogP contribution in [-0.2, 0) is 6.54 Å². The summed E-state index contributed by atoms with van der Waals surface area (Å²) in [6.07, 6.45) is 5.65. The molecule has 2 fully saturated rings. The van der Waals surface area contributed by atoms with Gasteiger partial charge < -0.3 is 10.2 Å². The first-order valence-corrected chi connectivity index (χ1v) is 8.51. The zero-order valence-electron chi connectivity index (χ0n) is 12.8. The first-order chi connectivity index (χ1) is 9.76. The Bertz CT molecular complexity index is 474. The van der Waals surface area contributed by atoms with Crippen LogP contribution in [0.1, 0.15) is 36.4 Å². The number of aromatic nitrogens is 1. The van der Waals surface area contributed by atoms with Crippen molar-refractivity contribution < 1.29 is 0 Å². The smallest absolute Gasteiger partial charge is 0.194 e. The quantitative estimate of drug-likeness (QED) is 0.454. The molecule has 2 atom stereocenters. The molecule has 0 radical (unpaired) electrons. The number of thiazole rings is 1. The first-order valence-electron chi connectivity index (χ1n) is 7.63. The van der Waals surface area contributed by atoms with E-state index in [9.17, 15) is 0 Å². The lowest BCUT2D eigenvalue weighted by Gasteiger charge is -2.22. The van der Waals surface area contributed by atoms with E-state index < -0.39 is 0 Å². The maximum Gasteiger partial charge on any atom is 0.194 e. The monoisotopic (exact) mass is 420 g/mol. The highest BCUT2D eigenvalue weighted by atomic mass is 127. The third kappa shape index (κ3) is 4.09. The second-order valence-electron chi connectivity index (χ2n) is 5.99. The molecule has 6 heteroatoms. The average Bonchev–Trinajstić information content (AvgIpc) is 3.05. The third-order valence-electron chi connectivity index (χ3n) is 4.55. The van der Waals surface area contributed by atoms with Crippen LogP contribution in [0.3, 0.4) is 0 Å². The van der Waals surface area contributed by atoms with E-state index in [1.54, 1.807) is 11.3 Å². The van der Waals surface area contributed by atoms with Gasteiger partial charge in [0.05, 0.1) is 6.54 Å². The second kappa shape index (κ2) is 7.76. The van der Waals surface area contributed by atoms with E-state index in [-0.39, 0.29) is 24.0 Å². The molecule has 118 valence electrons. The fourth-order valence-electron chi connectivity index (χ4n) is 3.55. The van der Waals surface area contributed by atoms with E-state index in [1.165, 1.54) is 38.8 Å². The van der Waals surface area contributed by atoms with Crippen LogP contribution in [0.15, 0.2) is 10.4 Å². The van der Waals surface area contributed by atoms with E-state index >= 15 is 0 Å². The topological polar surface area (TPSA) is 40.5 Å². The molecule has 2 aliphatic rings. The van der Waals surface area contributed by atoms with Gasteiger partial charge in [0.1, 0.15) is 5.01 Å². The van der Waals surface area contributed by atoms with Gasteiger partial charge in [0.2, 0.25) is 0 Å². The van der Waals surface area contributed by atoms with Crippen molar-refractivity contribution in [2.24, 2.45) is 16.8 Å². The van der Waals surface area contributed by atoms with Gasteiger partial charge in [0, 0.05) is 31.2 Å². The Balaban J connectivity index is 0.00000161. The summed E-state index contributed by atoms with van der Waals surface area (Å²) in [5.41, 5.74) is 1.11. The molecule has 1 aliphatic heterocycles. The Kier molecular flexibility index (Phi) is 6.28. The van der Waals surface area contributed by atoms with Gasteiger partial charge in [0.15, 0.2) is 5.96 Å². The van der Waals surface area contributed by atoms with Crippen molar-refractivity contribution in [1.29, 1.82) is 0 Å². The summed E-state index contributed by atoms with van der Waals surface area (Å²) < 4.78 is 0. The second-order valence-corrected chi connectivity index (χ2v) is 6.94. The van der Waals surface area contributed by atoms with Crippen molar-refractivity contribution in [3.8, 4) is 0 Å². The molecule has 0 amide bonds. The number of fused-ring (bicyclic) bond motifs is 1. The molecule has 2 unspecified atom stereocenters. The number of hydrogen-bond donors (Lipinski definition) is 1. The lowest BCUT2D eigenvalue weighted by molar-refractivity contribution is 0.299. The molecule has 2 heterocycles. The number of halogens is 1. The number of hydrogen-bond acceptors (Lipinski definition) is 3. The Labute approximate surface area is 148 Å². The van der Waals surface area contributed by atoms with E-state index in [0.717, 1.165) is 35.0 Å². The zero-order chi connectivity index (χ0) is 13.9. The number of nitrogens with zero attached hydrogens (tertiary/aromatic N) is 3. The van der Waals surface area contributed by atoms with Gasteiger partial charge >= 0.3 is 0 Å². The molecule has 21 heavy (non-hydrogen) atoms. The van der Waals surface area contributed by atoms with Crippen LogP contribution < -0.4 is 5.32 Å². The van der Waals surface area contributed by atoms with Crippen LogP contribution in [0, 0.1) is 18.8 Å². The summed E-state index contributed by atoms with van der Waals surface area (Å²) in [7, 11) is 1.89. The summed E-state index contributed by atoms with van der Waals surface area (Å²) in [5.74, 6) is 2.83. The minimum absolute atomic E-state index is 0. The molecule has 1 saturated carbocycles. The Morgan fingerprint density at radius 3 is 2.57 bits per heavy atom. The first kappa shape index (κ1) is 17.0. The molecule has 1 aromatic heterocycles. The van der Waals surface area contributed by atoms with Crippen LogP contribution in [-0.4, -0.2) is 36.0 Å². The molecule has 1 aromatic rings. The molecule has 4 nitrogen and oxygen atoms in total. The van der Waals surface area contributed by atoms with Crippen LogP contribution >= 0.6 is 35.3 Å². The largest absolute Gasteiger partial charge is 0.350 e. The summed E-state index contributed by atoms with van der Waals surface area (Å²) in [4.78, 5) is 11.4. The standard InChI is InChI=1S/C15H24N4S.HI/c1-11-10-20-14(18-11)7-17-15(16-2)19-8-12-5-3-4-6-13(12)9-19;/h10,12-13H,3-9H2,1-2H3,(H,16,17);1H. The Morgan fingerprint density at radius 1 is 1.38 bits per heavy atom. The van der Waals surface area contributed by atoms with Crippen molar-refractivity contribution in [3.05, 3.63) is 16.1 Å². The predicted molar refractivity (Wildman–Crippen MR) is 99.5 cm³/mol. The number of aliphatic imine (C=N–C) groups is 1. The summed E-state index contributed by atoms with van der Waals surface area (Å²) in [6.45, 7) is 5.19. The fourth-order valence-corrected chi connectivity index (χ4v) is 4.26. The molecule has 0 aromatic carbocycles. The molecule has 1 aliphatic carbocycles. The van der Waals surface area contributed by atoms with Crippen molar-refractivity contribution in [1.82, 2.24) is 15.2 Å². The molecular weight excluding hydrogens is 395 g/mol. The highest BCUT2D eigenvalue weighted by Crippen LogP contribution is 2.35. The minimum Gasteiger partial charge on any atom is -0.350 e. The molecule has 0 bridgehead atoms. The summed E-state index contributed by atoms with van der Waals surface area (Å²) in [6, 6.07) is 0. The maximum absolute atomic E-state index is 4.50. The Morgan fingerprint density at radius 2 is 2.05 bits per heavy atom. The molecule has 1 saturated heterocycles. The third-order valence-corrected chi connectivity index (χ3v) is 5.52. The van der Waals surface area contributed by atoms with Crippen molar-refractivity contribution >= 4 is 41.3 Å². The van der Waals surface area contributed by atoms with Gasteiger partial charge in [-0.25, -0.2) is 4.98 Å². The van der Waals surface area contributed by atoms with Crippen LogP contribution in [0.2, 0.25) is 0 Å². The van der Waals surface area contributed by atoms with E-state index in [4.69, 9.17) is 0 Å². The predicted octanol–water partition coefficient (Wildman–Crippen LogP) is 3.27. The SMILES string of the molecule is CN=C(NCc1nc(C)cs1)N1CC2CCCCC2C1.I. The molecular formula is C15H25IN4S. The van der Waals surface area contributed by atoms with Crippen molar-refractivity contribution in [2.75, 3.05) is 20.1 Å². The van der Waals surface area contributed by atoms with Crippen LogP contribution in [0.5, 0.6) is 0 Å². The number of aryl methyl sites for hydroxylation is 1. The molecule has 3 rings (SSSR count). The lowest BCUT2D eigenvalue weighted by atomic mass is 9.82.